The molecule has 3 aromatic carbocycles. The van der Waals surface area contributed by atoms with Crippen molar-refractivity contribution in [1.82, 2.24) is 0 Å². The maximum absolute atomic E-state index is 6.35. The highest BCUT2D eigenvalue weighted by atomic mass is 16.7. The molecule has 150 valence electrons. The van der Waals surface area contributed by atoms with Crippen LogP contribution in [-0.2, 0) is 13.7 Å². The third kappa shape index (κ3) is 4.72. The summed E-state index contributed by atoms with van der Waals surface area (Å²) in [5.41, 5.74) is 10.2. The van der Waals surface area contributed by atoms with Gasteiger partial charge in [-0.1, -0.05) is 88.0 Å². The number of aryl methyl sites for hydroxylation is 6. The van der Waals surface area contributed by atoms with E-state index in [1.54, 1.807) is 0 Å². The lowest BCUT2D eigenvalue weighted by Crippen LogP contribution is -2.61. The normalized spacial score (nSPS) is 14.4. The van der Waals surface area contributed by atoms with Gasteiger partial charge in [0.25, 0.3) is 0 Å². The monoisotopic (exact) mass is 396 g/mol. The van der Waals surface area contributed by atoms with Crippen LogP contribution in [0.2, 0.25) is 0 Å². The van der Waals surface area contributed by atoms with Crippen LogP contribution in [0.25, 0.3) is 0 Å². The van der Waals surface area contributed by atoms with Gasteiger partial charge in [-0.05, 0) is 57.9 Å². The molecule has 1 heterocycles. The maximum Gasteiger partial charge on any atom is 0.467 e. The number of benzene rings is 3. The molecular weight excluding hydrogens is 369 g/mol. The zero-order valence-electron chi connectivity index (χ0n) is 18.7. The summed E-state index contributed by atoms with van der Waals surface area (Å²) in [4.78, 5) is 0. The molecule has 30 heavy (non-hydrogen) atoms. The summed E-state index contributed by atoms with van der Waals surface area (Å²) in [6.07, 6.45) is 0. The summed E-state index contributed by atoms with van der Waals surface area (Å²) >= 11 is 0. The molecule has 0 atom stereocenters. The standard InChI is InChI=1S/C24H27B3O3/c1-16-7-17(2)11-22(10-16)25-28-26(23-12-18(3)8-19(4)13-23)30-27(29-25)24-14-20(5)9-21(6)15-24/h7-15H,1-6H3. The van der Waals surface area contributed by atoms with Crippen molar-refractivity contribution in [3.05, 3.63) is 88.0 Å². The van der Waals surface area contributed by atoms with Gasteiger partial charge in [-0.2, -0.15) is 0 Å². The first-order chi connectivity index (χ1) is 14.3. The molecule has 6 heteroatoms. The van der Waals surface area contributed by atoms with Crippen molar-refractivity contribution in [2.75, 3.05) is 0 Å². The van der Waals surface area contributed by atoms with Gasteiger partial charge < -0.3 is 13.7 Å². The molecule has 1 saturated heterocycles. The molecule has 0 N–H and O–H groups in total. The first-order valence-corrected chi connectivity index (χ1v) is 10.5. The van der Waals surface area contributed by atoms with Gasteiger partial charge in [0.1, 0.15) is 0 Å². The topological polar surface area (TPSA) is 27.7 Å². The molecular formula is C24H27B3O3. The number of hydrogen-bond donors (Lipinski definition) is 0. The molecule has 0 aromatic heterocycles. The summed E-state index contributed by atoms with van der Waals surface area (Å²) in [5.74, 6) is 0. The van der Waals surface area contributed by atoms with Crippen molar-refractivity contribution in [3.8, 4) is 0 Å². The van der Waals surface area contributed by atoms with Crippen molar-refractivity contribution >= 4 is 37.7 Å². The van der Waals surface area contributed by atoms with E-state index in [1.165, 1.54) is 33.4 Å². The highest BCUT2D eigenvalue weighted by Crippen LogP contribution is 2.14. The minimum Gasteiger partial charge on any atom is -0.445 e. The van der Waals surface area contributed by atoms with Crippen molar-refractivity contribution in [1.29, 1.82) is 0 Å². The molecule has 1 fully saturated rings. The Labute approximate surface area is 181 Å². The second kappa shape index (κ2) is 8.46. The second-order valence-corrected chi connectivity index (χ2v) is 8.67. The fraction of sp³-hybridized carbons (Fsp3) is 0.250. The van der Waals surface area contributed by atoms with Crippen molar-refractivity contribution in [2.24, 2.45) is 0 Å². The Hall–Kier alpha value is -2.27. The van der Waals surface area contributed by atoms with E-state index in [1.807, 2.05) is 0 Å². The van der Waals surface area contributed by atoms with Crippen LogP contribution in [0.3, 0.4) is 0 Å². The lowest BCUT2D eigenvalue weighted by atomic mass is 9.61. The third-order valence-corrected chi connectivity index (χ3v) is 5.29. The zero-order chi connectivity index (χ0) is 21.4. The van der Waals surface area contributed by atoms with Gasteiger partial charge in [-0.25, -0.2) is 0 Å². The quantitative estimate of drug-likeness (QED) is 0.638. The van der Waals surface area contributed by atoms with Gasteiger partial charge >= 0.3 is 21.4 Å². The van der Waals surface area contributed by atoms with Crippen LogP contribution in [0.1, 0.15) is 33.4 Å². The summed E-state index contributed by atoms with van der Waals surface area (Å²) in [7, 11) is -1.52. The van der Waals surface area contributed by atoms with E-state index in [9.17, 15) is 0 Å². The minimum atomic E-state index is -0.506. The summed E-state index contributed by atoms with van der Waals surface area (Å²) in [5, 5.41) is 0. The lowest BCUT2D eigenvalue weighted by Gasteiger charge is -2.32. The van der Waals surface area contributed by atoms with Gasteiger partial charge in [-0.15, -0.1) is 0 Å². The van der Waals surface area contributed by atoms with Gasteiger partial charge in [-0.3, -0.25) is 0 Å². The van der Waals surface area contributed by atoms with Gasteiger partial charge in [0.2, 0.25) is 0 Å². The molecule has 0 aliphatic carbocycles. The second-order valence-electron chi connectivity index (χ2n) is 8.67. The molecule has 0 radical (unpaired) electrons. The predicted molar refractivity (Wildman–Crippen MR) is 127 cm³/mol. The molecule has 3 nitrogen and oxygen atoms in total. The number of rotatable bonds is 3. The fourth-order valence-corrected chi connectivity index (χ4v) is 4.34. The van der Waals surface area contributed by atoms with Crippen LogP contribution >= 0.6 is 0 Å². The van der Waals surface area contributed by atoms with Crippen LogP contribution in [-0.4, -0.2) is 21.4 Å². The maximum atomic E-state index is 6.35. The van der Waals surface area contributed by atoms with Crippen LogP contribution in [0, 0.1) is 41.5 Å². The molecule has 0 unspecified atom stereocenters. The van der Waals surface area contributed by atoms with Gasteiger partial charge in [0.15, 0.2) is 0 Å². The molecule has 1 aliphatic heterocycles. The SMILES string of the molecule is Cc1cc(C)cc(B2OB(c3cc(C)cc(C)c3)OB(c3cc(C)cc(C)c3)O2)c1. The van der Waals surface area contributed by atoms with Crippen LogP contribution in [0.4, 0.5) is 0 Å². The van der Waals surface area contributed by atoms with Crippen LogP contribution < -0.4 is 16.4 Å². The van der Waals surface area contributed by atoms with E-state index in [0.717, 1.165) is 16.4 Å². The molecule has 0 amide bonds. The van der Waals surface area contributed by atoms with Crippen molar-refractivity contribution in [3.63, 3.8) is 0 Å². The van der Waals surface area contributed by atoms with E-state index in [4.69, 9.17) is 13.7 Å². The van der Waals surface area contributed by atoms with Gasteiger partial charge in [0, 0.05) is 0 Å². The first-order valence-electron chi connectivity index (χ1n) is 10.5. The summed E-state index contributed by atoms with van der Waals surface area (Å²) < 4.78 is 19.0. The fourth-order valence-electron chi connectivity index (χ4n) is 4.34. The lowest BCUT2D eigenvalue weighted by molar-refractivity contribution is 0.308. The third-order valence-electron chi connectivity index (χ3n) is 5.29. The highest BCUT2D eigenvalue weighted by molar-refractivity contribution is 6.87. The Morgan fingerprint density at radius 1 is 0.367 bits per heavy atom. The average Bonchev–Trinajstić information content (AvgIpc) is 2.65. The van der Waals surface area contributed by atoms with E-state index < -0.39 is 21.4 Å². The zero-order valence-corrected chi connectivity index (χ0v) is 18.7. The molecule has 0 bridgehead atoms. The Morgan fingerprint density at radius 3 is 0.767 bits per heavy atom. The Balaban J connectivity index is 1.75. The molecule has 3 aromatic rings. The summed E-state index contributed by atoms with van der Waals surface area (Å²) in [6.45, 7) is 12.6. The van der Waals surface area contributed by atoms with E-state index in [2.05, 4.69) is 96.1 Å². The van der Waals surface area contributed by atoms with E-state index in [-0.39, 0.29) is 0 Å². The van der Waals surface area contributed by atoms with Gasteiger partial charge in [0.05, 0.1) is 0 Å². The highest BCUT2D eigenvalue weighted by Gasteiger charge is 2.43. The smallest absolute Gasteiger partial charge is 0.445 e. The van der Waals surface area contributed by atoms with Crippen molar-refractivity contribution < 1.29 is 13.7 Å². The minimum absolute atomic E-state index is 0.506. The van der Waals surface area contributed by atoms with Crippen LogP contribution in [0.15, 0.2) is 54.6 Å². The largest absolute Gasteiger partial charge is 0.467 e. The van der Waals surface area contributed by atoms with Crippen LogP contribution in [0.5, 0.6) is 0 Å². The van der Waals surface area contributed by atoms with Crippen molar-refractivity contribution in [2.45, 2.75) is 41.5 Å². The van der Waals surface area contributed by atoms with E-state index in [0.29, 0.717) is 0 Å². The molecule has 0 spiro atoms. The van der Waals surface area contributed by atoms with E-state index >= 15 is 0 Å². The Kier molecular flexibility index (Phi) is 5.92. The predicted octanol–water partition coefficient (Wildman–Crippen LogP) is 3.09. The molecule has 4 rings (SSSR count). The Morgan fingerprint density at radius 2 is 0.567 bits per heavy atom. The molecule has 0 saturated carbocycles. The average molecular weight is 396 g/mol. The summed E-state index contributed by atoms with van der Waals surface area (Å²) in [6, 6.07) is 19.2. The number of hydrogen-bond acceptors (Lipinski definition) is 3. The molecule has 1 aliphatic rings. The Bertz CT molecular complexity index is 880. The first kappa shape index (κ1) is 21.0.